The first-order valence-electron chi connectivity index (χ1n) is 3.44. The third-order valence-electron chi connectivity index (χ3n) is 1.54. The Labute approximate surface area is 61.0 Å². The molecular formula is C7H15FO2. The molecular weight excluding hydrogens is 135 g/mol. The summed E-state index contributed by atoms with van der Waals surface area (Å²) < 4.78 is 16.8. The van der Waals surface area contributed by atoms with Crippen molar-refractivity contribution in [1.29, 1.82) is 0 Å². The summed E-state index contributed by atoms with van der Waals surface area (Å²) in [5, 5.41) is 8.57. The van der Waals surface area contributed by atoms with Crippen molar-refractivity contribution in [3.05, 3.63) is 0 Å². The predicted molar refractivity (Wildman–Crippen MR) is 37.6 cm³/mol. The van der Waals surface area contributed by atoms with E-state index >= 15 is 0 Å². The van der Waals surface area contributed by atoms with Gasteiger partial charge in [0.25, 0.3) is 0 Å². The maximum absolute atomic E-state index is 11.9. The molecule has 0 saturated carbocycles. The van der Waals surface area contributed by atoms with E-state index < -0.39 is 6.67 Å². The molecule has 3 heteroatoms. The third kappa shape index (κ3) is 3.80. The van der Waals surface area contributed by atoms with Crippen LogP contribution in [0.2, 0.25) is 0 Å². The van der Waals surface area contributed by atoms with E-state index in [1.54, 1.807) is 7.11 Å². The standard InChI is InChI=1S/C7H15FO2/c1-6(10-2)3-7(4-8)5-9/h6-7,9H,3-5H2,1-2H3/t6-,7+/m0/s1. The number of methoxy groups -OCH3 is 1. The number of aliphatic hydroxyl groups excluding tert-OH is 1. The summed E-state index contributed by atoms with van der Waals surface area (Å²) in [5.74, 6) is -0.255. The molecule has 0 spiro atoms. The molecule has 0 aromatic carbocycles. The van der Waals surface area contributed by atoms with Crippen LogP contribution in [0.25, 0.3) is 0 Å². The molecule has 0 aliphatic rings. The summed E-state index contributed by atoms with van der Waals surface area (Å²) in [5.41, 5.74) is 0. The minimum Gasteiger partial charge on any atom is -0.396 e. The molecule has 0 aliphatic carbocycles. The van der Waals surface area contributed by atoms with E-state index in [0.717, 1.165) is 0 Å². The maximum atomic E-state index is 11.9. The SMILES string of the molecule is CO[C@@H](C)C[C@@H](CO)CF. The highest BCUT2D eigenvalue weighted by Crippen LogP contribution is 2.08. The van der Waals surface area contributed by atoms with Crippen molar-refractivity contribution < 1.29 is 14.2 Å². The number of ether oxygens (including phenoxy) is 1. The molecule has 0 heterocycles. The minimum absolute atomic E-state index is 0.0351. The Morgan fingerprint density at radius 3 is 2.50 bits per heavy atom. The zero-order chi connectivity index (χ0) is 7.98. The van der Waals surface area contributed by atoms with Gasteiger partial charge in [0.05, 0.1) is 12.8 Å². The minimum atomic E-state index is -0.468. The lowest BCUT2D eigenvalue weighted by Gasteiger charge is -2.14. The van der Waals surface area contributed by atoms with Gasteiger partial charge in [-0.1, -0.05) is 0 Å². The van der Waals surface area contributed by atoms with Crippen molar-refractivity contribution in [2.24, 2.45) is 5.92 Å². The summed E-state index contributed by atoms with van der Waals surface area (Å²) >= 11 is 0. The largest absolute Gasteiger partial charge is 0.396 e. The van der Waals surface area contributed by atoms with E-state index in [1.165, 1.54) is 0 Å². The van der Waals surface area contributed by atoms with Crippen LogP contribution in [0, 0.1) is 5.92 Å². The van der Waals surface area contributed by atoms with Crippen molar-refractivity contribution in [1.82, 2.24) is 0 Å². The van der Waals surface area contributed by atoms with Gasteiger partial charge in [0.2, 0.25) is 0 Å². The van der Waals surface area contributed by atoms with Gasteiger partial charge in [-0.2, -0.15) is 0 Å². The van der Waals surface area contributed by atoms with Crippen LogP contribution in [0.5, 0.6) is 0 Å². The van der Waals surface area contributed by atoms with E-state index in [0.29, 0.717) is 6.42 Å². The second kappa shape index (κ2) is 5.62. The fraction of sp³-hybridized carbons (Fsp3) is 1.00. The van der Waals surface area contributed by atoms with Gasteiger partial charge in [0, 0.05) is 19.6 Å². The van der Waals surface area contributed by atoms with Crippen molar-refractivity contribution in [2.45, 2.75) is 19.4 Å². The average molecular weight is 150 g/mol. The van der Waals surface area contributed by atoms with E-state index in [1.807, 2.05) is 6.92 Å². The van der Waals surface area contributed by atoms with E-state index in [9.17, 15) is 4.39 Å². The molecule has 0 aliphatic heterocycles. The molecule has 0 fully saturated rings. The Morgan fingerprint density at radius 2 is 2.20 bits per heavy atom. The molecule has 2 atom stereocenters. The number of halogens is 1. The molecule has 0 unspecified atom stereocenters. The van der Waals surface area contributed by atoms with Crippen LogP contribution in [0.3, 0.4) is 0 Å². The van der Waals surface area contributed by atoms with Crippen LogP contribution < -0.4 is 0 Å². The number of alkyl halides is 1. The Kier molecular flexibility index (Phi) is 5.54. The lowest BCUT2D eigenvalue weighted by molar-refractivity contribution is 0.0734. The highest BCUT2D eigenvalue weighted by molar-refractivity contribution is 4.60. The Morgan fingerprint density at radius 1 is 1.60 bits per heavy atom. The summed E-state index contributed by atoms with van der Waals surface area (Å²) in [6.45, 7) is 1.30. The molecule has 0 bridgehead atoms. The van der Waals surface area contributed by atoms with E-state index in [2.05, 4.69) is 0 Å². The highest BCUT2D eigenvalue weighted by atomic mass is 19.1. The quantitative estimate of drug-likeness (QED) is 0.633. The molecule has 0 aromatic heterocycles. The van der Waals surface area contributed by atoms with Crippen molar-refractivity contribution >= 4 is 0 Å². The fourth-order valence-electron chi connectivity index (χ4n) is 0.752. The third-order valence-corrected chi connectivity index (χ3v) is 1.54. The number of rotatable bonds is 5. The van der Waals surface area contributed by atoms with Crippen molar-refractivity contribution in [2.75, 3.05) is 20.4 Å². The number of hydrogen-bond acceptors (Lipinski definition) is 2. The fourth-order valence-corrected chi connectivity index (χ4v) is 0.752. The first kappa shape index (κ1) is 9.85. The molecule has 1 N–H and O–H groups in total. The van der Waals surface area contributed by atoms with Gasteiger partial charge in [-0.05, 0) is 13.3 Å². The van der Waals surface area contributed by atoms with Crippen molar-refractivity contribution in [3.63, 3.8) is 0 Å². The zero-order valence-corrected chi connectivity index (χ0v) is 6.51. The summed E-state index contributed by atoms with van der Waals surface area (Å²) in [4.78, 5) is 0. The van der Waals surface area contributed by atoms with Crippen LogP contribution >= 0.6 is 0 Å². The molecule has 0 amide bonds. The van der Waals surface area contributed by atoms with Crippen LogP contribution in [-0.4, -0.2) is 31.6 Å². The smallest absolute Gasteiger partial charge is 0.0945 e. The number of aliphatic hydroxyl groups is 1. The second-order valence-corrected chi connectivity index (χ2v) is 2.48. The van der Waals surface area contributed by atoms with Gasteiger partial charge in [-0.25, -0.2) is 0 Å². The first-order chi connectivity index (χ1) is 4.74. The molecule has 0 radical (unpaired) electrons. The topological polar surface area (TPSA) is 29.5 Å². The van der Waals surface area contributed by atoms with E-state index in [-0.39, 0.29) is 18.6 Å². The first-order valence-corrected chi connectivity index (χ1v) is 3.44. The van der Waals surface area contributed by atoms with Gasteiger partial charge in [-0.3, -0.25) is 4.39 Å². The van der Waals surface area contributed by atoms with Gasteiger partial charge < -0.3 is 9.84 Å². The van der Waals surface area contributed by atoms with E-state index in [4.69, 9.17) is 9.84 Å². The van der Waals surface area contributed by atoms with Gasteiger partial charge in [0.15, 0.2) is 0 Å². The molecule has 62 valence electrons. The molecule has 0 aromatic rings. The molecule has 10 heavy (non-hydrogen) atoms. The second-order valence-electron chi connectivity index (χ2n) is 2.48. The lowest BCUT2D eigenvalue weighted by atomic mass is 10.1. The van der Waals surface area contributed by atoms with Crippen LogP contribution in [0.1, 0.15) is 13.3 Å². The molecule has 0 rings (SSSR count). The highest BCUT2D eigenvalue weighted by Gasteiger charge is 2.10. The number of hydrogen-bond donors (Lipinski definition) is 1. The van der Waals surface area contributed by atoms with Crippen LogP contribution in [0.15, 0.2) is 0 Å². The van der Waals surface area contributed by atoms with Gasteiger partial charge in [-0.15, -0.1) is 0 Å². The zero-order valence-electron chi connectivity index (χ0n) is 6.51. The van der Waals surface area contributed by atoms with Crippen LogP contribution in [-0.2, 0) is 4.74 Å². The molecule has 0 saturated heterocycles. The predicted octanol–water partition coefficient (Wildman–Crippen LogP) is 0.989. The Balaban J connectivity index is 3.41. The maximum Gasteiger partial charge on any atom is 0.0945 e. The normalized spacial score (nSPS) is 16.8. The summed E-state index contributed by atoms with van der Waals surface area (Å²) in [6, 6.07) is 0. The Hall–Kier alpha value is -0.150. The average Bonchev–Trinajstić information content (AvgIpc) is 1.99. The van der Waals surface area contributed by atoms with Gasteiger partial charge >= 0.3 is 0 Å². The summed E-state index contributed by atoms with van der Waals surface area (Å²) in [6.07, 6.45) is 0.622. The Bertz CT molecular complexity index is 74.0. The molecule has 2 nitrogen and oxygen atoms in total. The van der Waals surface area contributed by atoms with Gasteiger partial charge in [0.1, 0.15) is 0 Å². The van der Waals surface area contributed by atoms with Crippen molar-refractivity contribution in [3.8, 4) is 0 Å². The monoisotopic (exact) mass is 150 g/mol. The summed E-state index contributed by atoms with van der Waals surface area (Å²) in [7, 11) is 1.58. The van der Waals surface area contributed by atoms with Crippen LogP contribution in [0.4, 0.5) is 4.39 Å². The lowest BCUT2D eigenvalue weighted by Crippen LogP contribution is -2.17.